The summed E-state index contributed by atoms with van der Waals surface area (Å²) in [5, 5.41) is 0. The van der Waals surface area contributed by atoms with Gasteiger partial charge in [-0.25, -0.2) is 0 Å². The molecule has 0 aromatic heterocycles. The van der Waals surface area contributed by atoms with Crippen molar-refractivity contribution in [3.63, 3.8) is 0 Å². The number of aliphatic imine (C=N–C) groups is 1. The molecule has 20 heavy (non-hydrogen) atoms. The highest BCUT2D eigenvalue weighted by Gasteiger charge is 2.30. The smallest absolute Gasteiger partial charge is 0.116 e. The van der Waals surface area contributed by atoms with Crippen LogP contribution in [0, 0.1) is 0 Å². The van der Waals surface area contributed by atoms with Crippen molar-refractivity contribution in [1.82, 2.24) is 9.80 Å². The molecule has 0 N–H and O–H groups in total. The molecule has 2 heterocycles. The molecule has 2 rings (SSSR count). The van der Waals surface area contributed by atoms with E-state index < -0.39 is 0 Å². The molecule has 0 spiro atoms. The maximum absolute atomic E-state index is 4.93. The summed E-state index contributed by atoms with van der Waals surface area (Å²) in [6.07, 6.45) is 10.5. The standard InChI is InChI=1S/C17H33N3/c1-3-5-12-19(13-6-4-2)16-10-7-8-14-20-15-9-11-18-17(16)20/h16H,3-15H2,1-2H3/t16-/m0/s1. The first-order chi connectivity index (χ1) is 9.86. The summed E-state index contributed by atoms with van der Waals surface area (Å²) in [4.78, 5) is 10.3. The van der Waals surface area contributed by atoms with E-state index in [2.05, 4.69) is 23.6 Å². The predicted molar refractivity (Wildman–Crippen MR) is 87.5 cm³/mol. The molecule has 1 saturated heterocycles. The lowest BCUT2D eigenvalue weighted by molar-refractivity contribution is 0.215. The van der Waals surface area contributed by atoms with Gasteiger partial charge in [-0.1, -0.05) is 26.7 Å². The molecule has 3 heteroatoms. The van der Waals surface area contributed by atoms with Gasteiger partial charge in [-0.05, 0) is 51.6 Å². The average molecular weight is 279 g/mol. The Labute approximate surface area is 125 Å². The van der Waals surface area contributed by atoms with Gasteiger partial charge in [0.05, 0.1) is 6.04 Å². The maximum Gasteiger partial charge on any atom is 0.116 e. The SMILES string of the molecule is CCCCN(CCCC)[C@H]1CCCCN2CCCN=C12. The summed E-state index contributed by atoms with van der Waals surface area (Å²) >= 11 is 0. The Morgan fingerprint density at radius 1 is 1.05 bits per heavy atom. The van der Waals surface area contributed by atoms with Crippen LogP contribution in [-0.2, 0) is 0 Å². The van der Waals surface area contributed by atoms with Gasteiger partial charge >= 0.3 is 0 Å². The molecule has 0 aliphatic carbocycles. The molecule has 0 saturated carbocycles. The third-order valence-electron chi connectivity index (χ3n) is 4.68. The van der Waals surface area contributed by atoms with E-state index in [1.807, 2.05) is 0 Å². The van der Waals surface area contributed by atoms with Crippen LogP contribution in [0.5, 0.6) is 0 Å². The number of hydrogen-bond acceptors (Lipinski definition) is 3. The molecular weight excluding hydrogens is 246 g/mol. The van der Waals surface area contributed by atoms with Gasteiger partial charge in [0.25, 0.3) is 0 Å². The molecule has 0 unspecified atom stereocenters. The zero-order valence-corrected chi connectivity index (χ0v) is 13.6. The highest BCUT2D eigenvalue weighted by molar-refractivity contribution is 5.88. The monoisotopic (exact) mass is 279 g/mol. The maximum atomic E-state index is 4.93. The second-order valence-corrected chi connectivity index (χ2v) is 6.34. The third kappa shape index (κ3) is 4.21. The van der Waals surface area contributed by atoms with Crippen molar-refractivity contribution in [3.05, 3.63) is 0 Å². The minimum absolute atomic E-state index is 0.607. The highest BCUT2D eigenvalue weighted by atomic mass is 15.3. The molecule has 2 aliphatic heterocycles. The number of hydrogen-bond donors (Lipinski definition) is 0. The van der Waals surface area contributed by atoms with Crippen LogP contribution in [0.4, 0.5) is 0 Å². The van der Waals surface area contributed by atoms with E-state index in [0.717, 1.165) is 6.54 Å². The van der Waals surface area contributed by atoms with Gasteiger partial charge < -0.3 is 4.90 Å². The Balaban J connectivity index is 2.08. The summed E-state index contributed by atoms with van der Waals surface area (Å²) in [6, 6.07) is 0.607. The predicted octanol–water partition coefficient (Wildman–Crippen LogP) is 3.55. The van der Waals surface area contributed by atoms with E-state index in [4.69, 9.17) is 4.99 Å². The number of fused-ring (bicyclic) bond motifs is 1. The Kier molecular flexibility index (Phi) is 6.85. The van der Waals surface area contributed by atoms with Gasteiger partial charge in [0, 0.05) is 19.6 Å². The summed E-state index contributed by atoms with van der Waals surface area (Å²) in [6.45, 7) is 10.7. The minimum Gasteiger partial charge on any atom is -0.359 e. The lowest BCUT2D eigenvalue weighted by atomic mass is 10.1. The van der Waals surface area contributed by atoms with Crippen LogP contribution in [0.3, 0.4) is 0 Å². The van der Waals surface area contributed by atoms with Crippen molar-refractivity contribution >= 4 is 5.84 Å². The van der Waals surface area contributed by atoms with Gasteiger partial charge in [-0.3, -0.25) is 9.89 Å². The topological polar surface area (TPSA) is 18.8 Å². The Bertz CT molecular complexity index is 293. The molecule has 3 nitrogen and oxygen atoms in total. The van der Waals surface area contributed by atoms with E-state index in [0.29, 0.717) is 6.04 Å². The van der Waals surface area contributed by atoms with Gasteiger partial charge in [0.2, 0.25) is 0 Å². The Hall–Kier alpha value is -0.570. The zero-order chi connectivity index (χ0) is 14.2. The molecule has 2 aliphatic rings. The molecule has 0 aromatic rings. The summed E-state index contributed by atoms with van der Waals surface area (Å²) < 4.78 is 0. The Morgan fingerprint density at radius 3 is 2.45 bits per heavy atom. The molecule has 0 radical (unpaired) electrons. The van der Waals surface area contributed by atoms with E-state index in [-0.39, 0.29) is 0 Å². The second kappa shape index (κ2) is 8.66. The lowest BCUT2D eigenvalue weighted by Crippen LogP contribution is -2.50. The zero-order valence-electron chi connectivity index (χ0n) is 13.6. The van der Waals surface area contributed by atoms with Gasteiger partial charge in [0.1, 0.15) is 5.84 Å². The van der Waals surface area contributed by atoms with E-state index in [1.54, 1.807) is 0 Å². The quantitative estimate of drug-likeness (QED) is 0.710. The number of amidine groups is 1. The van der Waals surface area contributed by atoms with Crippen LogP contribution >= 0.6 is 0 Å². The molecule has 1 atom stereocenters. The normalized spacial score (nSPS) is 23.4. The molecule has 116 valence electrons. The minimum atomic E-state index is 0.607. The first kappa shape index (κ1) is 15.8. The van der Waals surface area contributed by atoms with Crippen LogP contribution in [0.2, 0.25) is 0 Å². The van der Waals surface area contributed by atoms with Gasteiger partial charge in [-0.2, -0.15) is 0 Å². The van der Waals surface area contributed by atoms with Crippen LogP contribution in [0.15, 0.2) is 4.99 Å². The largest absolute Gasteiger partial charge is 0.359 e. The third-order valence-corrected chi connectivity index (χ3v) is 4.68. The highest BCUT2D eigenvalue weighted by Crippen LogP contribution is 2.22. The number of rotatable bonds is 7. The van der Waals surface area contributed by atoms with Gasteiger partial charge in [0.15, 0.2) is 0 Å². The fourth-order valence-corrected chi connectivity index (χ4v) is 3.47. The van der Waals surface area contributed by atoms with Crippen molar-refractivity contribution in [2.45, 2.75) is 71.3 Å². The molecule has 0 amide bonds. The first-order valence-corrected chi connectivity index (χ1v) is 8.90. The van der Waals surface area contributed by atoms with Crippen molar-refractivity contribution in [1.29, 1.82) is 0 Å². The van der Waals surface area contributed by atoms with Crippen molar-refractivity contribution in [2.75, 3.05) is 32.7 Å². The molecule has 1 fully saturated rings. The fourth-order valence-electron chi connectivity index (χ4n) is 3.47. The van der Waals surface area contributed by atoms with Crippen molar-refractivity contribution in [2.24, 2.45) is 4.99 Å². The summed E-state index contributed by atoms with van der Waals surface area (Å²) in [5.74, 6) is 1.43. The molecule has 0 bridgehead atoms. The van der Waals surface area contributed by atoms with E-state index >= 15 is 0 Å². The summed E-state index contributed by atoms with van der Waals surface area (Å²) in [7, 11) is 0. The first-order valence-electron chi connectivity index (χ1n) is 8.90. The summed E-state index contributed by atoms with van der Waals surface area (Å²) in [5.41, 5.74) is 0. The fraction of sp³-hybridized carbons (Fsp3) is 0.941. The van der Waals surface area contributed by atoms with Crippen molar-refractivity contribution < 1.29 is 0 Å². The van der Waals surface area contributed by atoms with Crippen LogP contribution < -0.4 is 0 Å². The number of unbranched alkanes of at least 4 members (excludes halogenated alkanes) is 2. The average Bonchev–Trinajstić information content (AvgIpc) is 2.70. The lowest BCUT2D eigenvalue weighted by Gasteiger charge is -2.37. The number of nitrogens with zero attached hydrogens (tertiary/aromatic N) is 3. The molecular formula is C17H33N3. The van der Waals surface area contributed by atoms with Crippen molar-refractivity contribution in [3.8, 4) is 0 Å². The van der Waals surface area contributed by atoms with Crippen LogP contribution in [0.25, 0.3) is 0 Å². The van der Waals surface area contributed by atoms with E-state index in [1.165, 1.54) is 83.4 Å². The second-order valence-electron chi connectivity index (χ2n) is 6.34. The molecule has 0 aromatic carbocycles. The van der Waals surface area contributed by atoms with Crippen LogP contribution in [-0.4, -0.2) is 54.4 Å². The van der Waals surface area contributed by atoms with Gasteiger partial charge in [-0.15, -0.1) is 0 Å². The Morgan fingerprint density at radius 2 is 1.75 bits per heavy atom. The van der Waals surface area contributed by atoms with E-state index in [9.17, 15) is 0 Å². The van der Waals surface area contributed by atoms with Crippen LogP contribution in [0.1, 0.15) is 65.2 Å².